The number of rotatable bonds is 15. The van der Waals surface area contributed by atoms with Crippen LogP contribution in [0.4, 0.5) is 0 Å². The molecule has 0 fully saturated rings. The predicted octanol–water partition coefficient (Wildman–Crippen LogP) is 6.74. The van der Waals surface area contributed by atoms with Crippen LogP contribution in [0.5, 0.6) is 0 Å². The van der Waals surface area contributed by atoms with Crippen molar-refractivity contribution in [2.75, 3.05) is 12.8 Å². The van der Waals surface area contributed by atoms with Gasteiger partial charge in [0.2, 0.25) is 0 Å². The van der Waals surface area contributed by atoms with Gasteiger partial charge >= 0.3 is 7.60 Å². The second-order valence-corrected chi connectivity index (χ2v) is 8.25. The Hall–Kier alpha value is -0.890. The molecular weight excluding hydrogens is 319 g/mol. The van der Waals surface area contributed by atoms with Crippen LogP contribution in [-0.2, 0) is 20.2 Å². The molecule has 24 heavy (non-hydrogen) atoms. The van der Waals surface area contributed by atoms with Crippen molar-refractivity contribution >= 4 is 7.60 Å². The van der Waals surface area contributed by atoms with E-state index in [-0.39, 0.29) is 0 Å². The zero-order valence-corrected chi connectivity index (χ0v) is 16.0. The second kappa shape index (κ2) is 13.4. The summed E-state index contributed by atoms with van der Waals surface area (Å²) in [5.41, 5.74) is 1.02. The van der Waals surface area contributed by atoms with Crippen molar-refractivity contribution in [1.82, 2.24) is 0 Å². The molecule has 0 saturated heterocycles. The summed E-state index contributed by atoms with van der Waals surface area (Å²) in [5, 5.41) is 0. The van der Waals surface area contributed by atoms with E-state index in [1.807, 2.05) is 43.3 Å². The number of allylic oxidation sites excluding steroid dienone is 1. The van der Waals surface area contributed by atoms with Crippen LogP contribution in [-0.4, -0.2) is 12.8 Å². The monoisotopic (exact) mass is 352 g/mol. The molecule has 0 N–H and O–H groups in total. The first-order valence-corrected chi connectivity index (χ1v) is 11.0. The van der Waals surface area contributed by atoms with E-state index in [9.17, 15) is 4.57 Å². The largest absolute Gasteiger partial charge is 0.330 e. The number of hydrogen-bond donors (Lipinski definition) is 0. The van der Waals surface area contributed by atoms with Gasteiger partial charge in [-0.15, -0.1) is 6.58 Å². The molecule has 0 amide bonds. The van der Waals surface area contributed by atoms with Crippen LogP contribution >= 0.6 is 7.60 Å². The van der Waals surface area contributed by atoms with Crippen molar-refractivity contribution in [1.29, 1.82) is 0 Å². The minimum atomic E-state index is -2.97. The molecule has 136 valence electrons. The van der Waals surface area contributed by atoms with Crippen LogP contribution in [0.25, 0.3) is 0 Å². The van der Waals surface area contributed by atoms with Gasteiger partial charge in [0.1, 0.15) is 0 Å². The van der Waals surface area contributed by atoms with Crippen molar-refractivity contribution in [3.63, 3.8) is 0 Å². The van der Waals surface area contributed by atoms with E-state index in [4.69, 9.17) is 9.05 Å². The Kier molecular flexibility index (Phi) is 11.8. The molecule has 0 spiro atoms. The Labute approximate surface area is 148 Å². The Morgan fingerprint density at radius 3 is 2.21 bits per heavy atom. The molecule has 0 aliphatic carbocycles. The highest BCUT2D eigenvalue weighted by atomic mass is 31.2. The summed E-state index contributed by atoms with van der Waals surface area (Å²) in [6, 6.07) is 9.83. The normalized spacial score (nSPS) is 13.5. The van der Waals surface area contributed by atoms with Crippen LogP contribution in [0.2, 0.25) is 0 Å². The summed E-state index contributed by atoms with van der Waals surface area (Å²) in [5.74, 6) is 0. The summed E-state index contributed by atoms with van der Waals surface area (Å²) in [6.07, 6.45) is 11.9. The summed E-state index contributed by atoms with van der Waals surface area (Å²) in [6.45, 7) is 6.38. The molecule has 3 nitrogen and oxygen atoms in total. The predicted molar refractivity (Wildman–Crippen MR) is 102 cm³/mol. The Balaban J connectivity index is 2.19. The first-order chi connectivity index (χ1) is 11.7. The third-order valence-corrected chi connectivity index (χ3v) is 5.97. The van der Waals surface area contributed by atoms with Gasteiger partial charge in [-0.05, 0) is 31.7 Å². The molecule has 0 radical (unpaired) electrons. The van der Waals surface area contributed by atoms with Crippen molar-refractivity contribution < 1.29 is 13.6 Å². The van der Waals surface area contributed by atoms with Gasteiger partial charge in [-0.1, -0.05) is 68.5 Å². The van der Waals surface area contributed by atoms with Gasteiger partial charge in [0.25, 0.3) is 0 Å². The standard InChI is InChI=1S/C20H33O3P/c1-3-5-6-7-8-9-10-11-15-18-24(21,22-4-2)23-19-20-16-13-12-14-17-20/h3,12-14,16-17H,1,4-11,15,18-19H2,2H3/t24-/m0/s1. The van der Waals surface area contributed by atoms with Gasteiger partial charge in [-0.25, -0.2) is 0 Å². The summed E-state index contributed by atoms with van der Waals surface area (Å²) in [7, 11) is -2.97. The SMILES string of the molecule is C=CCCCCCCCCC[P@](=O)(OCC)OCc1ccccc1. The molecule has 1 aromatic rings. The molecule has 0 heterocycles. The van der Waals surface area contributed by atoms with Crippen LogP contribution in [0.3, 0.4) is 0 Å². The fourth-order valence-electron chi connectivity index (χ4n) is 2.59. The van der Waals surface area contributed by atoms with E-state index < -0.39 is 7.60 Å². The van der Waals surface area contributed by atoms with E-state index in [1.165, 1.54) is 32.1 Å². The lowest BCUT2D eigenvalue weighted by atomic mass is 10.1. The van der Waals surface area contributed by atoms with Gasteiger partial charge < -0.3 is 9.05 Å². The molecule has 0 aliphatic rings. The van der Waals surface area contributed by atoms with Crippen LogP contribution < -0.4 is 0 Å². The fourth-order valence-corrected chi connectivity index (χ4v) is 4.27. The number of unbranched alkanes of at least 4 members (excludes halogenated alkanes) is 7. The van der Waals surface area contributed by atoms with Crippen molar-refractivity contribution in [2.24, 2.45) is 0 Å². The highest BCUT2D eigenvalue weighted by molar-refractivity contribution is 7.53. The van der Waals surface area contributed by atoms with Gasteiger partial charge in [-0.2, -0.15) is 0 Å². The van der Waals surface area contributed by atoms with E-state index in [1.54, 1.807) is 0 Å². The molecule has 1 rings (SSSR count). The van der Waals surface area contributed by atoms with Crippen molar-refractivity contribution in [3.8, 4) is 0 Å². The summed E-state index contributed by atoms with van der Waals surface area (Å²) < 4.78 is 23.8. The molecule has 0 unspecified atom stereocenters. The van der Waals surface area contributed by atoms with Crippen LogP contribution in [0.1, 0.15) is 63.9 Å². The van der Waals surface area contributed by atoms with Crippen LogP contribution in [0, 0.1) is 0 Å². The van der Waals surface area contributed by atoms with E-state index in [2.05, 4.69) is 6.58 Å². The lowest BCUT2D eigenvalue weighted by Gasteiger charge is -2.18. The average Bonchev–Trinajstić information content (AvgIpc) is 2.60. The molecule has 1 atom stereocenters. The van der Waals surface area contributed by atoms with E-state index in [0.717, 1.165) is 24.8 Å². The smallest absolute Gasteiger partial charge is 0.309 e. The van der Waals surface area contributed by atoms with Gasteiger partial charge in [0.05, 0.1) is 19.4 Å². The first kappa shape index (κ1) is 21.2. The minimum Gasteiger partial charge on any atom is -0.309 e. The quantitative estimate of drug-likeness (QED) is 0.199. The zero-order valence-electron chi connectivity index (χ0n) is 15.1. The average molecular weight is 352 g/mol. The van der Waals surface area contributed by atoms with Gasteiger partial charge in [0.15, 0.2) is 0 Å². The molecule has 0 bridgehead atoms. The number of hydrogen-bond acceptors (Lipinski definition) is 3. The molecule has 1 aromatic carbocycles. The summed E-state index contributed by atoms with van der Waals surface area (Å²) >= 11 is 0. The van der Waals surface area contributed by atoms with Crippen LogP contribution in [0.15, 0.2) is 43.0 Å². The maximum atomic E-state index is 12.7. The molecular formula is C20H33O3P. The first-order valence-electron chi connectivity index (χ1n) is 9.23. The fraction of sp³-hybridized carbons (Fsp3) is 0.600. The maximum absolute atomic E-state index is 12.7. The number of benzene rings is 1. The van der Waals surface area contributed by atoms with E-state index >= 15 is 0 Å². The van der Waals surface area contributed by atoms with Gasteiger partial charge in [0, 0.05) is 0 Å². The topological polar surface area (TPSA) is 35.5 Å². The third-order valence-electron chi connectivity index (χ3n) is 3.94. The lowest BCUT2D eigenvalue weighted by molar-refractivity contribution is 0.204. The highest BCUT2D eigenvalue weighted by Crippen LogP contribution is 2.49. The van der Waals surface area contributed by atoms with Gasteiger partial charge in [-0.3, -0.25) is 4.57 Å². The van der Waals surface area contributed by atoms with E-state index in [0.29, 0.717) is 19.4 Å². The Morgan fingerprint density at radius 2 is 1.58 bits per heavy atom. The molecule has 0 aliphatic heterocycles. The highest BCUT2D eigenvalue weighted by Gasteiger charge is 2.23. The maximum Gasteiger partial charge on any atom is 0.330 e. The lowest BCUT2D eigenvalue weighted by Crippen LogP contribution is -2.01. The molecule has 0 aromatic heterocycles. The Morgan fingerprint density at radius 1 is 0.958 bits per heavy atom. The molecule has 4 heteroatoms. The second-order valence-electron chi connectivity index (χ2n) is 6.06. The Bertz CT molecular complexity index is 473. The minimum absolute atomic E-state index is 0.349. The third kappa shape index (κ3) is 10.1. The van der Waals surface area contributed by atoms with Crippen molar-refractivity contribution in [2.45, 2.75) is 64.9 Å². The molecule has 0 saturated carbocycles. The van der Waals surface area contributed by atoms with Crippen molar-refractivity contribution in [3.05, 3.63) is 48.6 Å². The zero-order chi connectivity index (χ0) is 17.5. The summed E-state index contributed by atoms with van der Waals surface area (Å²) in [4.78, 5) is 0.